The zero-order chi connectivity index (χ0) is 24.3. The number of nitrogens with one attached hydrogen (secondary N) is 1. The number of nitro groups is 1. The minimum atomic E-state index is -0.656. The van der Waals surface area contributed by atoms with Gasteiger partial charge in [-0.1, -0.05) is 25.0 Å². The summed E-state index contributed by atoms with van der Waals surface area (Å²) in [5.41, 5.74) is 0.658. The Hall–Kier alpha value is -3.73. The molecule has 1 heterocycles. The molecule has 0 bridgehead atoms. The van der Waals surface area contributed by atoms with Crippen molar-refractivity contribution in [1.82, 2.24) is 14.8 Å². The molecule has 1 N–H and O–H groups in total. The number of aromatic nitrogens is 3. The molecular formula is C23H23N5O5S. The molecule has 0 radical (unpaired) electrons. The lowest BCUT2D eigenvalue weighted by Gasteiger charge is -2.26. The monoisotopic (exact) mass is 481 g/mol. The van der Waals surface area contributed by atoms with E-state index in [-0.39, 0.29) is 17.2 Å². The van der Waals surface area contributed by atoms with Crippen LogP contribution in [0.3, 0.4) is 0 Å². The standard InChI is InChI=1S/C23H23N5O5S/c1-27-14-24-26-22(27)34-19-10-9-17(28(31)32)13-18(19)20(29)25-16-7-5-15(6-8-16)23(21(30)33-2)11-3-4-12-23/h5-10,13-14H,3-4,11-12H2,1-2H3,(H,25,29). The van der Waals surface area contributed by atoms with Gasteiger partial charge < -0.3 is 14.6 Å². The van der Waals surface area contributed by atoms with Crippen molar-refractivity contribution in [3.8, 4) is 0 Å². The van der Waals surface area contributed by atoms with E-state index in [0.29, 0.717) is 15.7 Å². The van der Waals surface area contributed by atoms with E-state index in [1.165, 1.54) is 43.4 Å². The number of benzene rings is 2. The number of hydrogen-bond donors (Lipinski definition) is 1. The minimum absolute atomic E-state index is 0.146. The lowest BCUT2D eigenvalue weighted by molar-refractivity contribution is -0.384. The number of ether oxygens (including phenoxy) is 1. The van der Waals surface area contributed by atoms with Gasteiger partial charge in [0.1, 0.15) is 6.33 Å². The van der Waals surface area contributed by atoms with E-state index in [9.17, 15) is 19.7 Å². The molecule has 0 unspecified atom stereocenters. The Balaban J connectivity index is 1.59. The molecule has 176 valence electrons. The van der Waals surface area contributed by atoms with E-state index in [0.717, 1.165) is 31.2 Å². The molecule has 0 spiro atoms. The molecule has 4 rings (SSSR count). The van der Waals surface area contributed by atoms with Crippen LogP contribution in [0.4, 0.5) is 11.4 Å². The van der Waals surface area contributed by atoms with Gasteiger partial charge in [-0.25, -0.2) is 0 Å². The summed E-state index contributed by atoms with van der Waals surface area (Å²) in [5, 5.41) is 22.5. The molecule has 0 atom stereocenters. The maximum absolute atomic E-state index is 13.1. The van der Waals surface area contributed by atoms with Crippen molar-refractivity contribution in [3.63, 3.8) is 0 Å². The second kappa shape index (κ2) is 9.64. The molecule has 11 heteroatoms. The fraction of sp³-hybridized carbons (Fsp3) is 0.304. The number of amides is 1. The molecule has 34 heavy (non-hydrogen) atoms. The first-order valence-corrected chi connectivity index (χ1v) is 11.5. The summed E-state index contributed by atoms with van der Waals surface area (Å²) in [6, 6.07) is 11.2. The fourth-order valence-electron chi connectivity index (χ4n) is 4.22. The van der Waals surface area contributed by atoms with Crippen LogP contribution in [-0.4, -0.2) is 38.7 Å². The highest BCUT2D eigenvalue weighted by Gasteiger charge is 2.43. The second-order valence-corrected chi connectivity index (χ2v) is 9.09. The highest BCUT2D eigenvalue weighted by Crippen LogP contribution is 2.42. The Morgan fingerprint density at radius 2 is 1.88 bits per heavy atom. The molecule has 2 aromatic carbocycles. The maximum atomic E-state index is 13.1. The summed E-state index contributed by atoms with van der Waals surface area (Å²) >= 11 is 1.19. The molecule has 10 nitrogen and oxygen atoms in total. The number of nitro benzene ring substituents is 1. The van der Waals surface area contributed by atoms with Gasteiger partial charge in [-0.3, -0.25) is 19.7 Å². The first-order chi connectivity index (χ1) is 16.3. The van der Waals surface area contributed by atoms with Crippen LogP contribution < -0.4 is 5.32 Å². The van der Waals surface area contributed by atoms with Crippen molar-refractivity contribution in [1.29, 1.82) is 0 Å². The predicted molar refractivity (Wildman–Crippen MR) is 125 cm³/mol. The summed E-state index contributed by atoms with van der Waals surface area (Å²) in [5.74, 6) is -0.742. The average Bonchev–Trinajstić information content (AvgIpc) is 3.49. The van der Waals surface area contributed by atoms with Crippen molar-refractivity contribution in [3.05, 3.63) is 70.0 Å². The third-order valence-electron chi connectivity index (χ3n) is 6.02. The van der Waals surface area contributed by atoms with Gasteiger partial charge in [0.05, 0.1) is 23.0 Å². The molecule has 1 amide bonds. The number of nitrogens with zero attached hydrogens (tertiary/aromatic N) is 4. The van der Waals surface area contributed by atoms with Crippen LogP contribution in [0.2, 0.25) is 0 Å². The number of hydrogen-bond acceptors (Lipinski definition) is 8. The van der Waals surface area contributed by atoms with Crippen LogP contribution in [0.25, 0.3) is 0 Å². The Morgan fingerprint density at radius 3 is 2.47 bits per heavy atom. The van der Waals surface area contributed by atoms with E-state index < -0.39 is 16.2 Å². The van der Waals surface area contributed by atoms with Gasteiger partial charge in [-0.2, -0.15) is 0 Å². The van der Waals surface area contributed by atoms with Gasteiger partial charge in [0.25, 0.3) is 11.6 Å². The predicted octanol–water partition coefficient (Wildman–Crippen LogP) is 4.11. The average molecular weight is 482 g/mol. The third-order valence-corrected chi connectivity index (χ3v) is 7.15. The first kappa shape index (κ1) is 23.4. The molecule has 1 fully saturated rings. The van der Waals surface area contributed by atoms with Crippen molar-refractivity contribution < 1.29 is 19.2 Å². The maximum Gasteiger partial charge on any atom is 0.316 e. The quantitative estimate of drug-likeness (QED) is 0.303. The first-order valence-electron chi connectivity index (χ1n) is 10.6. The third kappa shape index (κ3) is 4.51. The second-order valence-electron chi connectivity index (χ2n) is 8.08. The van der Waals surface area contributed by atoms with Crippen LogP contribution >= 0.6 is 11.8 Å². The SMILES string of the molecule is COC(=O)C1(c2ccc(NC(=O)c3cc([N+](=O)[O-])ccc3Sc3nncn3C)cc2)CCCC1. The molecule has 0 aliphatic heterocycles. The topological polar surface area (TPSA) is 129 Å². The highest BCUT2D eigenvalue weighted by molar-refractivity contribution is 7.99. The van der Waals surface area contributed by atoms with Gasteiger partial charge in [0.2, 0.25) is 0 Å². The van der Waals surface area contributed by atoms with Crippen LogP contribution in [0.5, 0.6) is 0 Å². The van der Waals surface area contributed by atoms with Gasteiger partial charge >= 0.3 is 5.97 Å². The highest BCUT2D eigenvalue weighted by atomic mass is 32.2. The number of anilines is 1. The van der Waals surface area contributed by atoms with Gasteiger partial charge in [-0.05, 0) is 48.4 Å². The number of non-ortho nitro benzene ring substituents is 1. The van der Waals surface area contributed by atoms with Crippen molar-refractivity contribution in [2.75, 3.05) is 12.4 Å². The zero-order valence-electron chi connectivity index (χ0n) is 18.7. The van der Waals surface area contributed by atoms with Crippen LogP contribution in [-0.2, 0) is 22.0 Å². The molecular weight excluding hydrogens is 458 g/mol. The van der Waals surface area contributed by atoms with E-state index >= 15 is 0 Å². The number of methoxy groups -OCH3 is 1. The van der Waals surface area contributed by atoms with Crippen molar-refractivity contribution in [2.45, 2.75) is 41.2 Å². The number of esters is 1. The summed E-state index contributed by atoms with van der Waals surface area (Å²) in [7, 11) is 3.16. The normalized spacial score (nSPS) is 14.5. The summed E-state index contributed by atoms with van der Waals surface area (Å²) in [4.78, 5) is 36.9. The van der Waals surface area contributed by atoms with Crippen molar-refractivity contribution >= 4 is 35.0 Å². The van der Waals surface area contributed by atoms with Crippen molar-refractivity contribution in [2.24, 2.45) is 7.05 Å². The Labute approximate surface area is 199 Å². The summed E-state index contributed by atoms with van der Waals surface area (Å²) < 4.78 is 6.75. The van der Waals surface area contributed by atoms with E-state index in [2.05, 4.69) is 15.5 Å². The zero-order valence-corrected chi connectivity index (χ0v) is 19.5. The van der Waals surface area contributed by atoms with Crippen LogP contribution in [0.15, 0.2) is 58.8 Å². The molecule has 1 aliphatic rings. The summed E-state index contributed by atoms with van der Waals surface area (Å²) in [6.07, 6.45) is 4.88. The largest absolute Gasteiger partial charge is 0.468 e. The summed E-state index contributed by atoms with van der Waals surface area (Å²) in [6.45, 7) is 0. The van der Waals surface area contributed by atoms with E-state index in [1.54, 1.807) is 23.7 Å². The number of carbonyl (C=O) groups is 2. The van der Waals surface area contributed by atoms with E-state index in [1.807, 2.05) is 12.1 Å². The fourth-order valence-corrected chi connectivity index (χ4v) is 5.09. The Kier molecular flexibility index (Phi) is 6.64. The Morgan fingerprint density at radius 1 is 1.18 bits per heavy atom. The number of carbonyl (C=O) groups excluding carboxylic acids is 2. The Bertz CT molecular complexity index is 1230. The number of aryl methyl sites for hydroxylation is 1. The lowest BCUT2D eigenvalue weighted by Crippen LogP contribution is -2.34. The van der Waals surface area contributed by atoms with Gasteiger partial charge in [0.15, 0.2) is 5.16 Å². The van der Waals surface area contributed by atoms with Crippen LogP contribution in [0, 0.1) is 10.1 Å². The molecule has 3 aromatic rings. The molecule has 1 aromatic heterocycles. The molecule has 1 saturated carbocycles. The lowest BCUT2D eigenvalue weighted by atomic mass is 9.79. The smallest absolute Gasteiger partial charge is 0.316 e. The molecule has 0 saturated heterocycles. The van der Waals surface area contributed by atoms with Gasteiger partial charge in [0, 0.05) is 29.8 Å². The van der Waals surface area contributed by atoms with Gasteiger partial charge in [-0.15, -0.1) is 10.2 Å². The van der Waals surface area contributed by atoms with Crippen LogP contribution in [0.1, 0.15) is 41.6 Å². The molecule has 1 aliphatic carbocycles. The minimum Gasteiger partial charge on any atom is -0.468 e. The number of rotatable bonds is 7. The van der Waals surface area contributed by atoms with E-state index in [4.69, 9.17) is 4.74 Å².